The van der Waals surface area contributed by atoms with Crippen LogP contribution in [0, 0.1) is 5.82 Å². The number of carbonyl (C=O) groups is 1. The average Bonchev–Trinajstić information content (AvgIpc) is 2.59. The first-order valence-electron chi connectivity index (χ1n) is 7.69. The molecule has 0 aromatic heterocycles. The Morgan fingerprint density at radius 3 is 2.67 bits per heavy atom. The van der Waals surface area contributed by atoms with Gasteiger partial charge in [0, 0.05) is 11.8 Å². The number of benzene rings is 2. The van der Waals surface area contributed by atoms with E-state index < -0.39 is 6.10 Å². The van der Waals surface area contributed by atoms with Gasteiger partial charge in [0.25, 0.3) is 5.91 Å². The molecule has 0 saturated carbocycles. The van der Waals surface area contributed by atoms with Crippen LogP contribution in [0.25, 0.3) is 0 Å². The van der Waals surface area contributed by atoms with Crippen LogP contribution < -0.4 is 14.8 Å². The molecule has 1 N–H and O–H groups in total. The van der Waals surface area contributed by atoms with Gasteiger partial charge in [0.2, 0.25) is 0 Å². The summed E-state index contributed by atoms with van der Waals surface area (Å²) in [5.41, 5.74) is 0.614. The van der Waals surface area contributed by atoms with Gasteiger partial charge in [-0.05, 0) is 42.8 Å². The predicted molar refractivity (Wildman–Crippen MR) is 91.9 cm³/mol. The van der Waals surface area contributed by atoms with Crippen molar-refractivity contribution in [3.8, 4) is 11.5 Å². The van der Waals surface area contributed by atoms with Crippen molar-refractivity contribution in [2.75, 3.05) is 11.9 Å². The first kappa shape index (κ1) is 17.5. The van der Waals surface area contributed by atoms with Crippen molar-refractivity contribution in [3.05, 3.63) is 67.0 Å². The van der Waals surface area contributed by atoms with E-state index in [9.17, 15) is 9.18 Å². The second kappa shape index (κ2) is 8.72. The number of ether oxygens (including phenoxy) is 2. The quantitative estimate of drug-likeness (QED) is 0.739. The fourth-order valence-corrected chi connectivity index (χ4v) is 2.04. The molecule has 2 aromatic carbocycles. The Morgan fingerprint density at radius 1 is 1.25 bits per heavy atom. The maximum Gasteiger partial charge on any atom is 0.265 e. The molecule has 0 bridgehead atoms. The van der Waals surface area contributed by atoms with Crippen LogP contribution in [0.15, 0.2) is 61.2 Å². The summed E-state index contributed by atoms with van der Waals surface area (Å²) in [5, 5.41) is 2.80. The number of halogens is 1. The van der Waals surface area contributed by atoms with Crippen molar-refractivity contribution >= 4 is 11.6 Å². The summed E-state index contributed by atoms with van der Waals surface area (Å²) in [5.74, 6) is 0.459. The van der Waals surface area contributed by atoms with Crippen LogP contribution in [0.5, 0.6) is 11.5 Å². The van der Waals surface area contributed by atoms with Gasteiger partial charge < -0.3 is 14.8 Å². The van der Waals surface area contributed by atoms with Crippen LogP contribution in [0.4, 0.5) is 10.1 Å². The third-order valence-electron chi connectivity index (χ3n) is 3.22. The smallest absolute Gasteiger partial charge is 0.265 e. The van der Waals surface area contributed by atoms with Crippen LogP contribution in [0.2, 0.25) is 0 Å². The topological polar surface area (TPSA) is 47.6 Å². The van der Waals surface area contributed by atoms with Crippen molar-refractivity contribution in [2.45, 2.75) is 19.4 Å². The Morgan fingerprint density at radius 2 is 2.00 bits per heavy atom. The third-order valence-corrected chi connectivity index (χ3v) is 3.22. The average molecular weight is 329 g/mol. The van der Waals surface area contributed by atoms with Gasteiger partial charge in [0.1, 0.15) is 23.9 Å². The minimum atomic E-state index is -0.673. The molecule has 0 radical (unpaired) electrons. The van der Waals surface area contributed by atoms with Crippen molar-refractivity contribution in [3.63, 3.8) is 0 Å². The van der Waals surface area contributed by atoms with Crippen molar-refractivity contribution in [1.82, 2.24) is 0 Å². The van der Waals surface area contributed by atoms with Crippen LogP contribution in [-0.2, 0) is 4.79 Å². The van der Waals surface area contributed by atoms with Crippen LogP contribution in [0.1, 0.15) is 13.3 Å². The Kier molecular flexibility index (Phi) is 6.37. The Hall–Kier alpha value is -2.82. The molecule has 1 amide bonds. The summed E-state index contributed by atoms with van der Waals surface area (Å²) >= 11 is 0. The molecule has 0 aliphatic heterocycles. The van der Waals surface area contributed by atoms with Crippen LogP contribution in [-0.4, -0.2) is 18.6 Å². The van der Waals surface area contributed by atoms with E-state index in [1.54, 1.807) is 30.3 Å². The van der Waals surface area contributed by atoms with E-state index in [4.69, 9.17) is 9.47 Å². The molecule has 0 fully saturated rings. The number of hydrogen-bond donors (Lipinski definition) is 1. The summed E-state index contributed by atoms with van der Waals surface area (Å²) in [6.45, 7) is 5.83. The van der Waals surface area contributed by atoms with Gasteiger partial charge in [-0.3, -0.25) is 4.79 Å². The van der Waals surface area contributed by atoms with E-state index in [-0.39, 0.29) is 11.7 Å². The standard InChI is InChI=1S/C19H20FNO3/c1-3-12-23-17-7-5-6-15(13-17)21-19(22)18(4-2)24-16-10-8-14(20)9-11-16/h3,5-11,13,18H,1,4,12H2,2H3,(H,21,22)/t18-/m0/s1. The Bertz CT molecular complexity index is 685. The van der Waals surface area contributed by atoms with E-state index in [1.807, 2.05) is 6.92 Å². The fourth-order valence-electron chi connectivity index (χ4n) is 2.04. The van der Waals surface area contributed by atoms with Gasteiger partial charge in [-0.1, -0.05) is 25.6 Å². The molecule has 0 unspecified atom stereocenters. The van der Waals surface area contributed by atoms with E-state index in [2.05, 4.69) is 11.9 Å². The number of carbonyl (C=O) groups excluding carboxylic acids is 1. The summed E-state index contributed by atoms with van der Waals surface area (Å²) in [7, 11) is 0. The van der Waals surface area contributed by atoms with Crippen molar-refractivity contribution in [1.29, 1.82) is 0 Å². The molecule has 4 nitrogen and oxygen atoms in total. The van der Waals surface area contributed by atoms with Crippen LogP contribution >= 0.6 is 0 Å². The van der Waals surface area contributed by atoms with Crippen LogP contribution in [0.3, 0.4) is 0 Å². The molecular formula is C19H20FNO3. The number of hydrogen-bond acceptors (Lipinski definition) is 3. The maximum atomic E-state index is 12.9. The molecular weight excluding hydrogens is 309 g/mol. The largest absolute Gasteiger partial charge is 0.489 e. The monoisotopic (exact) mass is 329 g/mol. The molecule has 0 aliphatic carbocycles. The lowest BCUT2D eigenvalue weighted by Crippen LogP contribution is -2.32. The molecule has 126 valence electrons. The summed E-state index contributed by atoms with van der Waals surface area (Å²) < 4.78 is 24.0. The highest BCUT2D eigenvalue weighted by Gasteiger charge is 2.18. The molecule has 0 aliphatic rings. The second-order valence-corrected chi connectivity index (χ2v) is 5.09. The SMILES string of the molecule is C=CCOc1cccc(NC(=O)[C@H](CC)Oc2ccc(F)cc2)c1. The first-order valence-corrected chi connectivity index (χ1v) is 7.69. The highest BCUT2D eigenvalue weighted by Crippen LogP contribution is 2.19. The Labute approximate surface area is 140 Å². The van der Waals surface area contributed by atoms with E-state index in [0.717, 1.165) is 0 Å². The van der Waals surface area contributed by atoms with Gasteiger partial charge in [-0.25, -0.2) is 4.39 Å². The highest BCUT2D eigenvalue weighted by molar-refractivity contribution is 5.94. The first-order chi connectivity index (χ1) is 11.6. The highest BCUT2D eigenvalue weighted by atomic mass is 19.1. The number of rotatable bonds is 8. The van der Waals surface area contributed by atoms with Crippen molar-refractivity contribution < 1.29 is 18.7 Å². The number of nitrogens with one attached hydrogen (secondary N) is 1. The zero-order valence-electron chi connectivity index (χ0n) is 13.5. The van der Waals surface area contributed by atoms with E-state index in [0.29, 0.717) is 30.2 Å². The maximum absolute atomic E-state index is 12.9. The zero-order chi connectivity index (χ0) is 17.4. The minimum absolute atomic E-state index is 0.275. The number of amides is 1. The fraction of sp³-hybridized carbons (Fsp3) is 0.211. The molecule has 0 saturated heterocycles. The third kappa shape index (κ3) is 5.12. The second-order valence-electron chi connectivity index (χ2n) is 5.09. The summed E-state index contributed by atoms with van der Waals surface area (Å²) in [6.07, 6.45) is 1.46. The zero-order valence-corrected chi connectivity index (χ0v) is 13.5. The lowest BCUT2D eigenvalue weighted by Gasteiger charge is -2.17. The lowest BCUT2D eigenvalue weighted by molar-refractivity contribution is -0.122. The van der Waals surface area contributed by atoms with Gasteiger partial charge >= 0.3 is 0 Å². The number of anilines is 1. The van der Waals surface area contributed by atoms with Crippen molar-refractivity contribution in [2.24, 2.45) is 0 Å². The van der Waals surface area contributed by atoms with Gasteiger partial charge in [-0.2, -0.15) is 0 Å². The molecule has 2 aromatic rings. The summed E-state index contributed by atoms with van der Waals surface area (Å²) in [4.78, 5) is 12.4. The molecule has 5 heteroatoms. The normalized spacial score (nSPS) is 11.4. The van der Waals surface area contributed by atoms with Gasteiger partial charge in [0.05, 0.1) is 0 Å². The molecule has 24 heavy (non-hydrogen) atoms. The molecule has 1 atom stereocenters. The van der Waals surface area contributed by atoms with E-state index >= 15 is 0 Å². The molecule has 2 rings (SSSR count). The lowest BCUT2D eigenvalue weighted by atomic mass is 10.2. The summed E-state index contributed by atoms with van der Waals surface area (Å²) in [6, 6.07) is 12.7. The Balaban J connectivity index is 2.00. The minimum Gasteiger partial charge on any atom is -0.489 e. The van der Waals surface area contributed by atoms with Gasteiger partial charge in [0.15, 0.2) is 6.10 Å². The molecule has 0 heterocycles. The van der Waals surface area contributed by atoms with Gasteiger partial charge in [-0.15, -0.1) is 0 Å². The van der Waals surface area contributed by atoms with E-state index in [1.165, 1.54) is 24.3 Å². The molecule has 0 spiro atoms. The predicted octanol–water partition coefficient (Wildman–Crippen LogP) is 4.19.